The topological polar surface area (TPSA) is 426 Å². The van der Waals surface area contributed by atoms with Gasteiger partial charge in [-0.05, 0) is 239 Å². The Bertz CT molecular complexity index is 6890. The number of aromatic nitrogens is 10. The van der Waals surface area contributed by atoms with E-state index >= 15 is 0 Å². The van der Waals surface area contributed by atoms with Gasteiger partial charge in [-0.25, -0.2) is 41.2 Å². The first-order chi connectivity index (χ1) is 70.9. The number of ketones is 1. The molecule has 7 heterocycles. The Morgan fingerprint density at radius 2 is 0.913 bits per heavy atom. The molecule has 2 amide bonds. The van der Waals surface area contributed by atoms with Crippen molar-refractivity contribution in [3.8, 4) is 23.1 Å². The van der Waals surface area contributed by atoms with Gasteiger partial charge in [0.2, 0.25) is 0 Å². The predicted octanol–water partition coefficient (Wildman–Crippen LogP) is 21.1. The number of nitrogens with one attached hydrogen (secondary N) is 3. The van der Waals surface area contributed by atoms with Crippen LogP contribution in [0.1, 0.15) is 208 Å². The number of benzene rings is 7. The number of aryl methyl sites for hydroxylation is 3. The number of pyridine rings is 4. The zero-order valence-electron chi connectivity index (χ0n) is 87.2. The van der Waals surface area contributed by atoms with Crippen molar-refractivity contribution < 1.29 is 58.6 Å². The van der Waals surface area contributed by atoms with E-state index in [9.17, 15) is 52.1 Å². The number of nitriles is 1. The zero-order valence-corrected chi connectivity index (χ0v) is 91.3. The smallest absolute Gasteiger partial charge is 1.00 e. The normalized spacial score (nSPS) is 14.0. The molecule has 0 bridgehead atoms. The summed E-state index contributed by atoms with van der Waals surface area (Å²) in [6, 6.07) is 63.0. The summed E-state index contributed by atoms with van der Waals surface area (Å²) < 4.78 is 63.8. The predicted molar refractivity (Wildman–Crippen MR) is 591 cm³/mol. The molecule has 15 N–H and O–H groups in total. The number of carbonyl (C=O) groups excluding carboxylic acids is 3. The van der Waals surface area contributed by atoms with Gasteiger partial charge >= 0.3 is 29.0 Å². The number of nitrogens with zero attached hydrogens (tertiary/aromatic N) is 13. The molecule has 782 valence electrons. The van der Waals surface area contributed by atoms with Gasteiger partial charge in [0.1, 0.15) is 62.1 Å². The molecular formula is C114H133BrF4MgN20O8Si2. The molecule has 3 unspecified atom stereocenters. The summed E-state index contributed by atoms with van der Waals surface area (Å²) in [5.74, 6) is -0.966. The van der Waals surface area contributed by atoms with Gasteiger partial charge < -0.3 is 65.0 Å². The van der Waals surface area contributed by atoms with Crippen molar-refractivity contribution >= 4 is 109 Å². The van der Waals surface area contributed by atoms with Crippen LogP contribution in [0.4, 0.5) is 46.0 Å². The van der Waals surface area contributed by atoms with E-state index in [2.05, 4.69) is 106 Å². The monoisotopic (exact) mass is 2140 g/mol. The number of halogens is 5. The summed E-state index contributed by atoms with van der Waals surface area (Å²) in [6.45, 7) is 29.6. The first-order valence-corrected chi connectivity index (χ1v) is 56.6. The zero-order chi connectivity index (χ0) is 106. The molecule has 0 aliphatic heterocycles. The van der Waals surface area contributed by atoms with Gasteiger partial charge in [0, 0.05) is 117 Å². The van der Waals surface area contributed by atoms with Crippen LogP contribution in [-0.2, 0) is 23.3 Å². The van der Waals surface area contributed by atoms with Crippen LogP contribution in [0.2, 0.25) is 39.3 Å². The second kappa shape index (κ2) is 55.4. The number of amides is 2. The molecule has 4 aliphatic carbocycles. The SMILES string of the molecule is Br.C[Si](C)(C)N(c1c[c-]ccc1F)[Si](C)(C)C.Cc1cc(C(=O)Nc2cc(C(O)(CCC3CC3)c3cccnc3)ccc2F)n(-c2cccc(CN)c2)n1.Cc1cc(C(=O)O)n(-c2cccc(C#N)c2)n1.NCCNCCN.Nc1cc(C(O)(CCC2CC2)c2cccnc2)ccc1F.O=C(CCC1CC1)c1cccnc1.[C-]#[N+]c1cccc(-n2nc(C)cc2C(=O)Nc2cc(C(O)(CCC3CC3)c3cccnc3)ccc2F)c1.[H-].[Mg+2]. The molecule has 4 fully saturated rings. The number of nitrogens with two attached hydrogens (primary N) is 4. The van der Waals surface area contributed by atoms with Crippen molar-refractivity contribution in [1.29, 1.82) is 5.26 Å². The van der Waals surface area contributed by atoms with Gasteiger partial charge in [-0.15, -0.1) is 23.0 Å². The Morgan fingerprint density at radius 1 is 0.507 bits per heavy atom. The molecule has 4 saturated carbocycles. The van der Waals surface area contributed by atoms with Crippen LogP contribution >= 0.6 is 17.0 Å². The summed E-state index contributed by atoms with van der Waals surface area (Å²) in [6.07, 6.45) is 28.9. The van der Waals surface area contributed by atoms with Crippen molar-refractivity contribution in [1.82, 2.24) is 54.6 Å². The number of rotatable bonds is 35. The van der Waals surface area contributed by atoms with Gasteiger partial charge in [0.25, 0.3) is 11.8 Å². The molecule has 3 atom stereocenters. The molecule has 18 rings (SSSR count). The summed E-state index contributed by atoms with van der Waals surface area (Å²) >= 11 is 0. The number of carboxylic acids is 1. The maximum atomic E-state index is 14.9. The molecule has 4 aliphatic rings. The minimum absolute atomic E-state index is 0. The van der Waals surface area contributed by atoms with Gasteiger partial charge in [0.15, 0.2) is 17.2 Å². The van der Waals surface area contributed by atoms with Crippen molar-refractivity contribution in [2.45, 2.75) is 186 Å². The molecule has 28 nitrogen and oxygen atoms in total. The minimum Gasteiger partial charge on any atom is -1.00 e. The molecule has 0 saturated heterocycles. The van der Waals surface area contributed by atoms with Gasteiger partial charge in [-0.3, -0.25) is 34.3 Å². The maximum absolute atomic E-state index is 14.9. The van der Waals surface area contributed by atoms with E-state index in [1.807, 2.05) is 54.6 Å². The van der Waals surface area contributed by atoms with E-state index < -0.39 is 68.5 Å². The fraction of sp³-hybridized carbons (Fsp3) is 0.325. The Balaban J connectivity index is 0.000000205. The first kappa shape index (κ1) is 118. The number of carboxylic acid groups (broad SMARTS) is 1. The fourth-order valence-corrected chi connectivity index (χ4v) is 27.2. The molecule has 7 aromatic carbocycles. The van der Waals surface area contributed by atoms with E-state index in [1.165, 1.54) is 88.3 Å². The molecule has 36 heteroatoms. The summed E-state index contributed by atoms with van der Waals surface area (Å²) in [5.41, 5.74) is 28.9. The van der Waals surface area contributed by atoms with E-state index in [1.54, 1.807) is 186 Å². The second-order valence-electron chi connectivity index (χ2n) is 39.5. The maximum Gasteiger partial charge on any atom is 2.00 e. The van der Waals surface area contributed by atoms with Gasteiger partial charge in [0.05, 0.1) is 69.4 Å². The largest absolute Gasteiger partial charge is 2.00 e. The summed E-state index contributed by atoms with van der Waals surface area (Å²) in [5, 5.41) is 74.1. The number of anilines is 4. The molecule has 7 aromatic heterocycles. The van der Waals surface area contributed by atoms with Crippen LogP contribution in [-0.4, -0.2) is 159 Å². The molecular weight excluding hydrogens is 2010 g/mol. The summed E-state index contributed by atoms with van der Waals surface area (Å²) in [4.78, 5) is 69.0. The number of Topliss-reactive ketones (excluding diaryl/α,β-unsaturated/α-hetero) is 1. The number of hydrogen-bond acceptors (Lipinski definition) is 21. The van der Waals surface area contributed by atoms with E-state index in [-0.39, 0.29) is 87.2 Å². The molecule has 0 spiro atoms. The Hall–Kier alpha value is -13.5. The Labute approximate surface area is 904 Å². The van der Waals surface area contributed by atoms with Crippen LogP contribution in [0.25, 0.3) is 21.9 Å². The molecule has 0 radical (unpaired) electrons. The quantitative estimate of drug-likeness (QED) is 0.00439. The van der Waals surface area contributed by atoms with E-state index in [0.29, 0.717) is 136 Å². The number of hydrogen-bond donors (Lipinski definition) is 11. The van der Waals surface area contributed by atoms with Crippen LogP contribution in [0, 0.1) is 91.7 Å². The van der Waals surface area contributed by atoms with Crippen molar-refractivity contribution in [2.75, 3.05) is 46.8 Å². The average Bonchev–Trinajstić information content (AvgIpc) is 1.56. The number of nitrogen functional groups attached to an aromatic ring is 1. The number of aromatic carboxylic acids is 1. The standard InChI is InChI=1S/C29H26FN5O2.C29H30FN5O2.C17H19FN2O.C12H21FNSi2.C12H9N3O2.C11H13NO.C4H13N3.BrH.Mg.H/c1-19-15-27(35(34-19)24-7-3-6-23(17-24)31-2)28(36)33-26-16-21(10-11-25(26)30)29(37,13-12-20-8-9-20)22-5-4-14-32-18-22;1-19-14-27(35(34-19)24-6-2-4-21(15-24)17-31)28(36)33-26-16-22(9-10-25(26)30)29(37,12-11-20-7-8-20)23-5-3-13-32-18-23;18-15-6-5-13(10-16(15)19)17(21,8-7-12-3-4-12)14-2-1-9-20-11-14;1-15(2,3)14(16(4,5)6)12-10-8-7-9-11(12)13;1-8-5-11(12(16)17)15(14-8)10-4-2-3-9(6-10)7-13;13-11(6-5-9-3-4-9)10-2-1-7-12-8-10;5-1-3-7-4-2-6;;;/h3-7,10-11,14-18,20,37H,8-9,12-13H2,1H3,(H,33,36);2-6,9-10,13-16,18,20,37H,7-8,11-12,17,31H2,1H3,(H,33,36);1-2,5-6,9-12,21H,3-4,7-8,19H2;7,9-10H,1-6H3;2-6H,1H3,(H,16,17);1-2,7-9H,3-6H2;7H,1-6H2;1H;;/q;;;-1;;;;;+2;-1. The average molecular weight is 2150 g/mol. The minimum atomic E-state index is -1.56. The first-order valence-electron chi connectivity index (χ1n) is 49.7. The van der Waals surface area contributed by atoms with Gasteiger partial charge in [-0.1, -0.05) is 163 Å². The molecule has 14 aromatic rings. The van der Waals surface area contributed by atoms with Crippen LogP contribution in [0.15, 0.2) is 262 Å². The van der Waals surface area contributed by atoms with Crippen LogP contribution < -0.4 is 43.1 Å². The Kier molecular flexibility index (Phi) is 43.7. The van der Waals surface area contributed by atoms with E-state index in [0.717, 1.165) is 92.8 Å². The van der Waals surface area contributed by atoms with Crippen molar-refractivity contribution in [2.24, 2.45) is 40.9 Å². The Morgan fingerprint density at radius 3 is 1.31 bits per heavy atom. The van der Waals surface area contributed by atoms with E-state index in [4.69, 9.17) is 39.9 Å². The number of aliphatic hydroxyl groups is 3. The fourth-order valence-electron chi connectivity index (χ4n) is 17.4. The third-order valence-corrected chi connectivity index (χ3v) is 32.8. The second-order valence-corrected chi connectivity index (χ2v) is 49.6. The van der Waals surface area contributed by atoms with Gasteiger partial charge in [-0.2, -0.15) is 38.8 Å². The van der Waals surface area contributed by atoms with Crippen LogP contribution in [0.5, 0.6) is 0 Å². The van der Waals surface area contributed by atoms with Crippen molar-refractivity contribution in [3.05, 3.63) is 387 Å². The molecule has 150 heavy (non-hydrogen) atoms. The van der Waals surface area contributed by atoms with Crippen LogP contribution in [0.3, 0.4) is 0 Å². The third kappa shape index (κ3) is 33.5. The van der Waals surface area contributed by atoms with Crippen molar-refractivity contribution in [3.63, 3.8) is 0 Å². The number of carbonyl (C=O) groups is 4. The third-order valence-electron chi connectivity index (χ3n) is 25.6. The summed E-state index contributed by atoms with van der Waals surface area (Å²) in [7, 11) is -3.12.